The van der Waals surface area contributed by atoms with Crippen LogP contribution in [0.4, 0.5) is 0 Å². The molecule has 0 aliphatic rings. The highest BCUT2D eigenvalue weighted by Gasteiger charge is 2.16. The van der Waals surface area contributed by atoms with Crippen molar-refractivity contribution in [2.75, 3.05) is 0 Å². The van der Waals surface area contributed by atoms with Crippen molar-refractivity contribution in [1.29, 1.82) is 0 Å². The molecule has 0 fully saturated rings. The summed E-state index contributed by atoms with van der Waals surface area (Å²) in [5, 5.41) is 0.294. The predicted molar refractivity (Wildman–Crippen MR) is 59.9 cm³/mol. The van der Waals surface area contributed by atoms with Crippen molar-refractivity contribution in [2.24, 2.45) is 0 Å². The van der Waals surface area contributed by atoms with Crippen molar-refractivity contribution in [3.8, 4) is 0 Å². The SMILES string of the molecule is O=S(=O)(Cl)c1cc(Cl)c(Br)cc1Br. The number of rotatable bonds is 1. The van der Waals surface area contributed by atoms with E-state index in [1.54, 1.807) is 0 Å². The van der Waals surface area contributed by atoms with Crippen LogP contribution in [0.25, 0.3) is 0 Å². The molecule has 0 spiro atoms. The summed E-state index contributed by atoms with van der Waals surface area (Å²) < 4.78 is 22.9. The van der Waals surface area contributed by atoms with E-state index in [-0.39, 0.29) is 4.90 Å². The maximum absolute atomic E-state index is 11.0. The number of hydrogen-bond acceptors (Lipinski definition) is 2. The van der Waals surface area contributed by atoms with Crippen molar-refractivity contribution in [3.05, 3.63) is 26.1 Å². The highest BCUT2D eigenvalue weighted by Crippen LogP contribution is 2.33. The van der Waals surface area contributed by atoms with Gasteiger partial charge in [-0.25, -0.2) is 8.42 Å². The summed E-state index contributed by atoms with van der Waals surface area (Å²) in [6, 6.07) is 2.80. The van der Waals surface area contributed by atoms with E-state index in [2.05, 4.69) is 31.9 Å². The third kappa shape index (κ3) is 2.83. The van der Waals surface area contributed by atoms with Gasteiger partial charge in [-0.3, -0.25) is 0 Å². The van der Waals surface area contributed by atoms with Crippen molar-refractivity contribution >= 4 is 63.2 Å². The van der Waals surface area contributed by atoms with Crippen LogP contribution in [0, 0.1) is 0 Å². The van der Waals surface area contributed by atoms with Crippen LogP contribution >= 0.6 is 54.1 Å². The Morgan fingerprint density at radius 3 is 2.15 bits per heavy atom. The Hall–Kier alpha value is 0.710. The fraction of sp³-hybridized carbons (Fsp3) is 0. The van der Waals surface area contributed by atoms with Crippen molar-refractivity contribution in [3.63, 3.8) is 0 Å². The van der Waals surface area contributed by atoms with E-state index < -0.39 is 9.05 Å². The molecular formula is C6H2Br2Cl2O2S. The molecule has 0 aromatic heterocycles. The topological polar surface area (TPSA) is 34.1 Å². The predicted octanol–water partition coefficient (Wildman–Crippen LogP) is 3.79. The summed E-state index contributed by atoms with van der Waals surface area (Å²) in [4.78, 5) is -0.0395. The molecule has 1 aromatic rings. The van der Waals surface area contributed by atoms with Gasteiger partial charge in [-0.05, 0) is 44.0 Å². The third-order valence-electron chi connectivity index (χ3n) is 1.24. The summed E-state index contributed by atoms with van der Waals surface area (Å²) in [6.45, 7) is 0. The molecule has 2 nitrogen and oxygen atoms in total. The molecule has 0 saturated carbocycles. The van der Waals surface area contributed by atoms with Gasteiger partial charge in [0.2, 0.25) is 0 Å². The fourth-order valence-corrected chi connectivity index (χ4v) is 3.77. The molecule has 0 amide bonds. The minimum Gasteiger partial charge on any atom is -0.207 e. The maximum Gasteiger partial charge on any atom is 0.262 e. The van der Waals surface area contributed by atoms with Crippen molar-refractivity contribution < 1.29 is 8.42 Å². The summed E-state index contributed by atoms with van der Waals surface area (Å²) >= 11 is 11.9. The first-order chi connectivity index (χ1) is 5.82. The molecule has 1 rings (SSSR count). The molecule has 7 heteroatoms. The van der Waals surface area contributed by atoms with Gasteiger partial charge in [0.1, 0.15) is 0 Å². The summed E-state index contributed by atoms with van der Waals surface area (Å²) in [5.74, 6) is 0. The second kappa shape index (κ2) is 4.06. The molecule has 0 unspecified atom stereocenters. The smallest absolute Gasteiger partial charge is 0.207 e. The second-order valence-corrected chi connectivity index (χ2v) is 6.78. The Kier molecular flexibility index (Phi) is 3.68. The average Bonchev–Trinajstić information content (AvgIpc) is 1.94. The zero-order valence-electron chi connectivity index (χ0n) is 5.89. The van der Waals surface area contributed by atoms with E-state index in [9.17, 15) is 8.42 Å². The van der Waals surface area contributed by atoms with Gasteiger partial charge in [0, 0.05) is 19.6 Å². The largest absolute Gasteiger partial charge is 0.262 e. The Bertz CT molecular complexity index is 444. The van der Waals surface area contributed by atoms with Gasteiger partial charge < -0.3 is 0 Å². The van der Waals surface area contributed by atoms with E-state index in [1.165, 1.54) is 12.1 Å². The molecule has 0 atom stereocenters. The fourth-order valence-electron chi connectivity index (χ4n) is 0.691. The van der Waals surface area contributed by atoms with Crippen LogP contribution in [0.1, 0.15) is 0 Å². The van der Waals surface area contributed by atoms with Crippen molar-refractivity contribution in [1.82, 2.24) is 0 Å². The first kappa shape index (κ1) is 11.8. The van der Waals surface area contributed by atoms with E-state index in [4.69, 9.17) is 22.3 Å². The molecule has 0 aliphatic carbocycles. The zero-order valence-corrected chi connectivity index (χ0v) is 11.4. The van der Waals surface area contributed by atoms with Crippen molar-refractivity contribution in [2.45, 2.75) is 4.90 Å². The Balaban J connectivity index is 3.50. The van der Waals surface area contributed by atoms with Crippen LogP contribution in [0.5, 0.6) is 0 Å². The standard InChI is InChI=1S/C6H2Br2Cl2O2S/c7-3-1-4(8)6(2-5(3)9)13(10,11)12/h1-2H. The molecule has 0 saturated heterocycles. The lowest BCUT2D eigenvalue weighted by molar-refractivity contribution is 0.609. The quantitative estimate of drug-likeness (QED) is 0.558. The molecule has 0 N–H and O–H groups in total. The molecule has 0 radical (unpaired) electrons. The van der Waals surface area contributed by atoms with Crippen LogP contribution < -0.4 is 0 Å². The maximum atomic E-state index is 11.0. The lowest BCUT2D eigenvalue weighted by atomic mass is 10.4. The molecule has 72 valence electrons. The Morgan fingerprint density at radius 1 is 1.15 bits per heavy atom. The Morgan fingerprint density at radius 2 is 1.69 bits per heavy atom. The minimum absolute atomic E-state index is 0.0395. The zero-order chi connectivity index (χ0) is 10.2. The Labute approximate surface area is 102 Å². The molecule has 0 heterocycles. The van der Waals surface area contributed by atoms with Crippen LogP contribution in [0.15, 0.2) is 26.0 Å². The first-order valence-electron chi connectivity index (χ1n) is 2.91. The van der Waals surface area contributed by atoms with Gasteiger partial charge in [0.25, 0.3) is 9.05 Å². The summed E-state index contributed by atoms with van der Waals surface area (Å²) in [6.07, 6.45) is 0. The number of halogens is 4. The highest BCUT2D eigenvalue weighted by molar-refractivity contribution is 9.11. The second-order valence-electron chi connectivity index (χ2n) is 2.13. The van der Waals surface area contributed by atoms with Crippen LogP contribution in [0.2, 0.25) is 5.02 Å². The monoisotopic (exact) mass is 366 g/mol. The first-order valence-corrected chi connectivity index (χ1v) is 7.19. The summed E-state index contributed by atoms with van der Waals surface area (Å²) in [5.41, 5.74) is 0. The average molecular weight is 369 g/mol. The number of benzene rings is 1. The van der Waals surface area contributed by atoms with Gasteiger partial charge in [-0.2, -0.15) is 0 Å². The van der Waals surface area contributed by atoms with E-state index in [0.29, 0.717) is 14.0 Å². The third-order valence-corrected chi connectivity index (χ3v) is 4.71. The van der Waals surface area contributed by atoms with Crippen LogP contribution in [-0.4, -0.2) is 8.42 Å². The minimum atomic E-state index is -3.75. The van der Waals surface area contributed by atoms with Gasteiger partial charge in [-0.15, -0.1) is 0 Å². The van der Waals surface area contributed by atoms with Crippen LogP contribution in [-0.2, 0) is 9.05 Å². The molecule has 0 aliphatic heterocycles. The lowest BCUT2D eigenvalue weighted by Crippen LogP contribution is -1.92. The number of hydrogen-bond donors (Lipinski definition) is 0. The summed E-state index contributed by atoms with van der Waals surface area (Å²) in [7, 11) is 1.40. The normalized spacial score (nSPS) is 11.7. The van der Waals surface area contributed by atoms with E-state index >= 15 is 0 Å². The lowest BCUT2D eigenvalue weighted by Gasteiger charge is -2.02. The van der Waals surface area contributed by atoms with E-state index in [0.717, 1.165) is 0 Å². The van der Waals surface area contributed by atoms with Gasteiger partial charge in [0.15, 0.2) is 0 Å². The molecule has 1 aromatic carbocycles. The van der Waals surface area contributed by atoms with Crippen LogP contribution in [0.3, 0.4) is 0 Å². The molecule has 13 heavy (non-hydrogen) atoms. The highest BCUT2D eigenvalue weighted by atomic mass is 79.9. The molecular weight excluding hydrogens is 367 g/mol. The van der Waals surface area contributed by atoms with E-state index in [1.807, 2.05) is 0 Å². The van der Waals surface area contributed by atoms with Gasteiger partial charge in [0.05, 0.1) is 9.92 Å². The molecule has 0 bridgehead atoms. The van der Waals surface area contributed by atoms with Gasteiger partial charge >= 0.3 is 0 Å². The van der Waals surface area contributed by atoms with Gasteiger partial charge in [-0.1, -0.05) is 11.6 Å².